The van der Waals surface area contributed by atoms with Gasteiger partial charge in [0.15, 0.2) is 11.0 Å². The second-order valence-electron chi connectivity index (χ2n) is 8.22. The molecule has 0 spiro atoms. The molecule has 0 radical (unpaired) electrons. The Hall–Kier alpha value is -2.75. The van der Waals surface area contributed by atoms with Crippen molar-refractivity contribution in [2.24, 2.45) is 0 Å². The Morgan fingerprint density at radius 1 is 1.09 bits per heavy atom. The van der Waals surface area contributed by atoms with Crippen LogP contribution in [0.5, 0.6) is 0 Å². The second kappa shape index (κ2) is 11.6. The molecule has 1 fully saturated rings. The van der Waals surface area contributed by atoms with E-state index >= 15 is 0 Å². The first-order valence-corrected chi connectivity index (χ1v) is 12.5. The molecule has 7 nitrogen and oxygen atoms in total. The molecule has 1 saturated heterocycles. The quantitative estimate of drug-likeness (QED) is 0.462. The first-order valence-electron chi connectivity index (χ1n) is 11.6. The minimum atomic E-state index is -0.377. The smallest absolute Gasteiger partial charge is 0.237 e. The third-order valence-corrected chi connectivity index (χ3v) is 6.92. The number of benzene rings is 2. The summed E-state index contributed by atoms with van der Waals surface area (Å²) in [7, 11) is 0. The summed E-state index contributed by atoms with van der Waals surface area (Å²) in [6.45, 7) is 8.65. The van der Waals surface area contributed by atoms with Gasteiger partial charge >= 0.3 is 0 Å². The van der Waals surface area contributed by atoms with E-state index in [0.717, 1.165) is 50.5 Å². The van der Waals surface area contributed by atoms with E-state index in [1.807, 2.05) is 35.8 Å². The summed E-state index contributed by atoms with van der Waals surface area (Å²) in [5, 5.41) is 12.0. The number of ether oxygens (including phenoxy) is 1. The number of anilines is 1. The van der Waals surface area contributed by atoms with Gasteiger partial charge in [0.25, 0.3) is 0 Å². The predicted molar refractivity (Wildman–Crippen MR) is 132 cm³/mol. The maximum Gasteiger partial charge on any atom is 0.237 e. The molecule has 1 unspecified atom stereocenters. The van der Waals surface area contributed by atoms with Crippen molar-refractivity contribution in [2.75, 3.05) is 38.2 Å². The van der Waals surface area contributed by atoms with Gasteiger partial charge in [0.1, 0.15) is 5.82 Å². The Labute approximate surface area is 203 Å². The Morgan fingerprint density at radius 2 is 1.79 bits per heavy atom. The highest BCUT2D eigenvalue weighted by Crippen LogP contribution is 2.28. The van der Waals surface area contributed by atoms with Gasteiger partial charge in [0, 0.05) is 37.4 Å². The van der Waals surface area contributed by atoms with Crippen LogP contribution in [0.1, 0.15) is 19.4 Å². The molecule has 0 bridgehead atoms. The molecular formula is C25H30FN5O2S. The average Bonchev–Trinajstić information content (AvgIpc) is 3.26. The zero-order valence-corrected chi connectivity index (χ0v) is 20.4. The molecule has 4 rings (SSSR count). The molecule has 1 atom stereocenters. The Balaban J connectivity index is 1.49. The molecule has 1 N–H and O–H groups in total. The van der Waals surface area contributed by atoms with Crippen molar-refractivity contribution in [3.8, 4) is 11.4 Å². The lowest BCUT2D eigenvalue weighted by Gasteiger charge is -2.27. The van der Waals surface area contributed by atoms with Crippen molar-refractivity contribution < 1.29 is 13.9 Å². The van der Waals surface area contributed by atoms with Gasteiger partial charge in [-0.2, -0.15) is 0 Å². The number of nitrogens with zero attached hydrogens (tertiary/aromatic N) is 4. The van der Waals surface area contributed by atoms with Crippen molar-refractivity contribution in [1.29, 1.82) is 0 Å². The second-order valence-corrected chi connectivity index (χ2v) is 9.53. The van der Waals surface area contributed by atoms with Crippen LogP contribution in [0, 0.1) is 5.82 Å². The molecule has 1 aliphatic heterocycles. The summed E-state index contributed by atoms with van der Waals surface area (Å²) in [5.41, 5.74) is 2.79. The number of aromatic nitrogens is 3. The van der Waals surface area contributed by atoms with Gasteiger partial charge in [0.05, 0.1) is 18.5 Å². The van der Waals surface area contributed by atoms with E-state index in [1.54, 1.807) is 12.1 Å². The van der Waals surface area contributed by atoms with E-state index in [1.165, 1.54) is 29.5 Å². The Kier molecular flexibility index (Phi) is 8.31. The van der Waals surface area contributed by atoms with Crippen LogP contribution in [0.2, 0.25) is 0 Å². The van der Waals surface area contributed by atoms with E-state index in [4.69, 9.17) is 4.74 Å². The van der Waals surface area contributed by atoms with Crippen LogP contribution in [0.25, 0.3) is 11.4 Å². The minimum Gasteiger partial charge on any atom is -0.379 e. The van der Waals surface area contributed by atoms with Gasteiger partial charge in [-0.25, -0.2) is 4.39 Å². The summed E-state index contributed by atoms with van der Waals surface area (Å²) in [5.74, 6) is 0.272. The topological polar surface area (TPSA) is 72.3 Å². The lowest BCUT2D eigenvalue weighted by molar-refractivity contribution is -0.115. The number of carbonyl (C=O) groups is 1. The number of amides is 1. The first-order chi connectivity index (χ1) is 16.5. The Bertz CT molecular complexity index is 1080. The van der Waals surface area contributed by atoms with Crippen molar-refractivity contribution in [3.05, 3.63) is 59.9 Å². The fraction of sp³-hybridized carbons (Fsp3) is 0.400. The number of hydrogen-bond acceptors (Lipinski definition) is 6. The Morgan fingerprint density at radius 3 is 2.47 bits per heavy atom. The van der Waals surface area contributed by atoms with Crippen LogP contribution in [-0.4, -0.2) is 63.7 Å². The number of nitrogens with one attached hydrogen (secondary N) is 1. The van der Waals surface area contributed by atoms with E-state index in [2.05, 4.69) is 27.3 Å². The highest BCUT2D eigenvalue weighted by molar-refractivity contribution is 8.00. The van der Waals surface area contributed by atoms with Gasteiger partial charge < -0.3 is 14.6 Å². The zero-order valence-electron chi connectivity index (χ0n) is 19.5. The molecule has 0 aliphatic carbocycles. The summed E-state index contributed by atoms with van der Waals surface area (Å²) >= 11 is 1.37. The molecule has 2 aromatic carbocycles. The number of rotatable bonds is 9. The minimum absolute atomic E-state index is 0.0969. The summed E-state index contributed by atoms with van der Waals surface area (Å²) in [6, 6.07) is 14.1. The molecule has 3 aromatic rings. The van der Waals surface area contributed by atoms with Crippen molar-refractivity contribution >= 4 is 23.4 Å². The van der Waals surface area contributed by atoms with Gasteiger partial charge in [-0.3, -0.25) is 9.69 Å². The van der Waals surface area contributed by atoms with Crippen LogP contribution in [0.15, 0.2) is 53.7 Å². The lowest BCUT2D eigenvalue weighted by Crippen LogP contribution is -2.38. The SMILES string of the molecule is CCc1ccc(NC(=O)C(C)Sc2nnc(-c3ccc(F)cc3)n2CCN2CCOCC2)cc1. The fourth-order valence-electron chi connectivity index (χ4n) is 3.74. The van der Waals surface area contributed by atoms with Gasteiger partial charge in [0.2, 0.25) is 5.91 Å². The molecule has 1 aromatic heterocycles. The first kappa shape index (κ1) is 24.4. The van der Waals surface area contributed by atoms with Crippen LogP contribution < -0.4 is 5.32 Å². The van der Waals surface area contributed by atoms with Crippen LogP contribution in [0.3, 0.4) is 0 Å². The van der Waals surface area contributed by atoms with Gasteiger partial charge in [-0.1, -0.05) is 30.8 Å². The van der Waals surface area contributed by atoms with E-state index in [0.29, 0.717) is 17.5 Å². The summed E-state index contributed by atoms with van der Waals surface area (Å²) in [4.78, 5) is 15.2. The van der Waals surface area contributed by atoms with E-state index < -0.39 is 0 Å². The third-order valence-electron chi connectivity index (χ3n) is 5.84. The van der Waals surface area contributed by atoms with Crippen LogP contribution >= 0.6 is 11.8 Å². The van der Waals surface area contributed by atoms with Gasteiger partial charge in [-0.15, -0.1) is 10.2 Å². The average molecular weight is 484 g/mol. The fourth-order valence-corrected chi connectivity index (χ4v) is 4.61. The maximum atomic E-state index is 13.5. The standard InChI is InChI=1S/C25H30FN5O2S/c1-3-19-4-10-22(11-5-19)27-24(32)18(2)34-25-29-28-23(20-6-8-21(26)9-7-20)31(25)13-12-30-14-16-33-17-15-30/h4-11,18H,3,12-17H2,1-2H3,(H,27,32). The molecule has 9 heteroatoms. The largest absolute Gasteiger partial charge is 0.379 e. The van der Waals surface area contributed by atoms with E-state index in [9.17, 15) is 9.18 Å². The molecule has 2 heterocycles. The number of morpholine rings is 1. The molecule has 0 saturated carbocycles. The monoisotopic (exact) mass is 483 g/mol. The lowest BCUT2D eigenvalue weighted by atomic mass is 10.1. The summed E-state index contributed by atoms with van der Waals surface area (Å²) < 4.78 is 20.9. The number of aryl methyl sites for hydroxylation is 1. The third kappa shape index (κ3) is 6.22. The van der Waals surface area contributed by atoms with Gasteiger partial charge in [-0.05, 0) is 55.3 Å². The normalized spacial score (nSPS) is 15.3. The number of carbonyl (C=O) groups excluding carboxylic acids is 1. The van der Waals surface area contributed by atoms with Crippen molar-refractivity contribution in [3.63, 3.8) is 0 Å². The zero-order chi connectivity index (χ0) is 23.9. The number of hydrogen-bond donors (Lipinski definition) is 1. The molecular weight excluding hydrogens is 453 g/mol. The van der Waals surface area contributed by atoms with Crippen molar-refractivity contribution in [1.82, 2.24) is 19.7 Å². The molecule has 1 amide bonds. The highest BCUT2D eigenvalue weighted by atomic mass is 32.2. The molecule has 180 valence electrons. The number of thioether (sulfide) groups is 1. The predicted octanol–water partition coefficient (Wildman–Crippen LogP) is 4.10. The molecule has 34 heavy (non-hydrogen) atoms. The summed E-state index contributed by atoms with van der Waals surface area (Å²) in [6.07, 6.45) is 0.955. The maximum absolute atomic E-state index is 13.5. The number of halogens is 1. The van der Waals surface area contributed by atoms with Crippen molar-refractivity contribution in [2.45, 2.75) is 37.2 Å². The van der Waals surface area contributed by atoms with E-state index in [-0.39, 0.29) is 17.0 Å². The molecule has 1 aliphatic rings. The van der Waals surface area contributed by atoms with Crippen LogP contribution in [0.4, 0.5) is 10.1 Å². The highest BCUT2D eigenvalue weighted by Gasteiger charge is 2.22. The van der Waals surface area contributed by atoms with Crippen LogP contribution in [-0.2, 0) is 22.5 Å².